The normalized spacial score (nSPS) is 12.1. The van der Waals surface area contributed by atoms with Gasteiger partial charge >= 0.3 is 0 Å². The fourth-order valence-electron chi connectivity index (χ4n) is 3.17. The zero-order valence-corrected chi connectivity index (χ0v) is 16.6. The summed E-state index contributed by atoms with van der Waals surface area (Å²) in [5.41, 5.74) is 3.18. The van der Waals surface area contributed by atoms with E-state index in [1.165, 1.54) is 0 Å². The van der Waals surface area contributed by atoms with Crippen molar-refractivity contribution < 1.29 is 4.74 Å². The number of para-hydroxylation sites is 1. The molecule has 0 radical (unpaired) electrons. The molecule has 0 bridgehead atoms. The summed E-state index contributed by atoms with van der Waals surface area (Å²) < 4.78 is 9.56. The first-order chi connectivity index (χ1) is 14.2. The van der Waals surface area contributed by atoms with Gasteiger partial charge in [-0.25, -0.2) is 4.98 Å². The van der Waals surface area contributed by atoms with Crippen molar-refractivity contribution in [1.29, 1.82) is 0 Å². The summed E-state index contributed by atoms with van der Waals surface area (Å²) in [6, 6.07) is 18.1. The Hall–Kier alpha value is -3.45. The summed E-state index contributed by atoms with van der Waals surface area (Å²) in [6.45, 7) is 3.62. The summed E-state index contributed by atoms with van der Waals surface area (Å²) in [5.74, 6) is 1.63. The summed E-state index contributed by atoms with van der Waals surface area (Å²) in [4.78, 5) is 3.98. The van der Waals surface area contributed by atoms with Crippen LogP contribution in [0.1, 0.15) is 12.5 Å². The Kier molecular flexibility index (Phi) is 5.67. The lowest BCUT2D eigenvalue weighted by atomic mass is 10.1. The third kappa shape index (κ3) is 4.89. The molecule has 0 aliphatic heterocycles. The van der Waals surface area contributed by atoms with Gasteiger partial charge in [0, 0.05) is 37.0 Å². The molecule has 0 saturated carbocycles. The van der Waals surface area contributed by atoms with Crippen LogP contribution in [0.2, 0.25) is 0 Å². The van der Waals surface area contributed by atoms with E-state index in [2.05, 4.69) is 33.6 Å². The summed E-state index contributed by atoms with van der Waals surface area (Å²) in [6.07, 6.45) is 5.34. The van der Waals surface area contributed by atoms with Gasteiger partial charge in [-0.2, -0.15) is 10.2 Å². The minimum atomic E-state index is 0.256. The molecule has 29 heavy (non-hydrogen) atoms. The number of aromatic nitrogens is 5. The number of nitrogens with zero attached hydrogens (tertiary/aromatic N) is 5. The monoisotopic (exact) mass is 388 g/mol. The molecule has 4 rings (SSSR count). The topological polar surface area (TPSA) is 69.8 Å². The van der Waals surface area contributed by atoms with Crippen LogP contribution in [0.5, 0.6) is 11.5 Å². The van der Waals surface area contributed by atoms with Gasteiger partial charge in [-0.05, 0) is 43.3 Å². The second kappa shape index (κ2) is 8.70. The number of rotatable bonds is 8. The Bertz CT molecular complexity index is 1030. The molecule has 0 unspecified atom stereocenters. The highest BCUT2D eigenvalue weighted by Gasteiger charge is 2.12. The van der Waals surface area contributed by atoms with E-state index in [1.807, 2.05) is 71.0 Å². The molecule has 148 valence electrons. The predicted molar refractivity (Wildman–Crippen MR) is 111 cm³/mol. The van der Waals surface area contributed by atoms with E-state index in [-0.39, 0.29) is 6.04 Å². The standard InChI is InChI=1S/C22H24N6O/c1-17(13-28-16-23-15-25-28)24-12-19-14-27(2)26-22(19)18-8-10-21(11-9-18)29-20-6-4-3-5-7-20/h3-11,14-17,24H,12-13H2,1-2H3/t17-/m0/s1. The lowest BCUT2D eigenvalue weighted by Gasteiger charge is -2.13. The summed E-state index contributed by atoms with van der Waals surface area (Å²) in [7, 11) is 1.94. The maximum absolute atomic E-state index is 5.88. The Morgan fingerprint density at radius 1 is 1.03 bits per heavy atom. The Labute approximate surface area is 170 Å². The van der Waals surface area contributed by atoms with Crippen molar-refractivity contribution in [2.75, 3.05) is 0 Å². The first-order valence-corrected chi connectivity index (χ1v) is 9.59. The minimum absolute atomic E-state index is 0.256. The molecule has 1 N–H and O–H groups in total. The molecule has 1 atom stereocenters. The quantitative estimate of drug-likeness (QED) is 0.499. The molecular formula is C22H24N6O. The maximum atomic E-state index is 5.88. The lowest BCUT2D eigenvalue weighted by molar-refractivity contribution is 0.450. The highest BCUT2D eigenvalue weighted by Crippen LogP contribution is 2.27. The van der Waals surface area contributed by atoms with Crippen LogP contribution in [0.4, 0.5) is 0 Å². The van der Waals surface area contributed by atoms with Crippen molar-refractivity contribution in [3.8, 4) is 22.8 Å². The highest BCUT2D eigenvalue weighted by atomic mass is 16.5. The zero-order valence-electron chi connectivity index (χ0n) is 16.6. The smallest absolute Gasteiger partial charge is 0.137 e. The fraction of sp³-hybridized carbons (Fsp3) is 0.227. The predicted octanol–water partition coefficient (Wildman–Crippen LogP) is 3.65. The van der Waals surface area contributed by atoms with Crippen LogP contribution >= 0.6 is 0 Å². The van der Waals surface area contributed by atoms with Gasteiger partial charge in [-0.15, -0.1) is 0 Å². The third-order valence-corrected chi connectivity index (χ3v) is 4.58. The fourth-order valence-corrected chi connectivity index (χ4v) is 3.17. The molecule has 7 nitrogen and oxygen atoms in total. The van der Waals surface area contributed by atoms with Gasteiger partial charge in [0.1, 0.15) is 24.2 Å². The molecule has 0 amide bonds. The lowest BCUT2D eigenvalue weighted by Crippen LogP contribution is -2.30. The number of benzene rings is 2. The first-order valence-electron chi connectivity index (χ1n) is 9.59. The molecule has 7 heteroatoms. The molecule has 4 aromatic rings. The Balaban J connectivity index is 1.43. The van der Waals surface area contributed by atoms with Crippen LogP contribution in [-0.4, -0.2) is 30.6 Å². The van der Waals surface area contributed by atoms with Crippen LogP contribution < -0.4 is 10.1 Å². The second-order valence-electron chi connectivity index (χ2n) is 7.02. The molecule has 0 aliphatic carbocycles. The van der Waals surface area contributed by atoms with Gasteiger partial charge in [-0.3, -0.25) is 9.36 Å². The minimum Gasteiger partial charge on any atom is -0.457 e. The molecule has 0 fully saturated rings. The first kappa shape index (κ1) is 18.9. The van der Waals surface area contributed by atoms with Crippen LogP contribution in [0.25, 0.3) is 11.3 Å². The second-order valence-corrected chi connectivity index (χ2v) is 7.02. The van der Waals surface area contributed by atoms with Crippen molar-refractivity contribution in [2.24, 2.45) is 7.05 Å². The third-order valence-electron chi connectivity index (χ3n) is 4.58. The van der Waals surface area contributed by atoms with Gasteiger partial charge in [0.05, 0.1) is 12.2 Å². The van der Waals surface area contributed by atoms with Crippen LogP contribution in [0, 0.1) is 0 Å². The number of nitrogens with one attached hydrogen (secondary N) is 1. The largest absolute Gasteiger partial charge is 0.457 e. The van der Waals surface area contributed by atoms with Crippen LogP contribution in [0.3, 0.4) is 0 Å². The van der Waals surface area contributed by atoms with Crippen molar-refractivity contribution in [3.05, 3.63) is 79.0 Å². The van der Waals surface area contributed by atoms with E-state index in [0.717, 1.165) is 41.4 Å². The van der Waals surface area contributed by atoms with Crippen molar-refractivity contribution in [1.82, 2.24) is 29.9 Å². The van der Waals surface area contributed by atoms with Crippen molar-refractivity contribution in [3.63, 3.8) is 0 Å². The van der Waals surface area contributed by atoms with Crippen LogP contribution in [0.15, 0.2) is 73.4 Å². The van der Waals surface area contributed by atoms with Crippen molar-refractivity contribution >= 4 is 0 Å². The Morgan fingerprint density at radius 2 is 1.79 bits per heavy atom. The maximum Gasteiger partial charge on any atom is 0.137 e. The molecule has 0 saturated heterocycles. The molecule has 0 aliphatic rings. The number of hydrogen-bond donors (Lipinski definition) is 1. The molecule has 0 spiro atoms. The molecule has 2 heterocycles. The van der Waals surface area contributed by atoms with Gasteiger partial charge in [0.15, 0.2) is 0 Å². The van der Waals surface area contributed by atoms with Crippen LogP contribution in [-0.2, 0) is 20.1 Å². The van der Waals surface area contributed by atoms with Gasteiger partial charge < -0.3 is 10.1 Å². The zero-order chi connectivity index (χ0) is 20.1. The van der Waals surface area contributed by atoms with Gasteiger partial charge in [-0.1, -0.05) is 18.2 Å². The van der Waals surface area contributed by atoms with E-state index >= 15 is 0 Å². The van der Waals surface area contributed by atoms with Gasteiger partial charge in [0.25, 0.3) is 0 Å². The Morgan fingerprint density at radius 3 is 2.52 bits per heavy atom. The van der Waals surface area contributed by atoms with E-state index < -0.39 is 0 Å². The molecule has 2 aromatic carbocycles. The number of aryl methyl sites for hydroxylation is 1. The molecular weight excluding hydrogens is 364 g/mol. The van der Waals surface area contributed by atoms with E-state index in [4.69, 9.17) is 4.74 Å². The summed E-state index contributed by atoms with van der Waals surface area (Å²) in [5, 5.41) is 12.4. The van der Waals surface area contributed by atoms with E-state index in [0.29, 0.717) is 0 Å². The number of hydrogen-bond acceptors (Lipinski definition) is 5. The van der Waals surface area contributed by atoms with E-state index in [1.54, 1.807) is 12.7 Å². The van der Waals surface area contributed by atoms with E-state index in [9.17, 15) is 0 Å². The summed E-state index contributed by atoms with van der Waals surface area (Å²) >= 11 is 0. The SMILES string of the molecule is C[C@@H](Cn1cncn1)NCc1cn(C)nc1-c1ccc(Oc2ccccc2)cc1. The average Bonchev–Trinajstić information content (AvgIpc) is 3.37. The number of ether oxygens (including phenoxy) is 1. The average molecular weight is 388 g/mol. The van der Waals surface area contributed by atoms with Gasteiger partial charge in [0.2, 0.25) is 0 Å². The highest BCUT2D eigenvalue weighted by molar-refractivity contribution is 5.63. The molecule has 2 aromatic heterocycles. The van der Waals surface area contributed by atoms with Crippen molar-refractivity contribution in [2.45, 2.75) is 26.1 Å².